The number of fused-ring (bicyclic) bond motifs is 1. The average molecular weight is 176 g/mol. The van der Waals surface area contributed by atoms with Crippen molar-refractivity contribution in [3.05, 3.63) is 23.3 Å². The quantitative estimate of drug-likeness (QED) is 0.645. The van der Waals surface area contributed by atoms with E-state index >= 15 is 0 Å². The Hall–Kier alpha value is -1.84. The van der Waals surface area contributed by atoms with Crippen LogP contribution < -0.4 is 10.5 Å². The Morgan fingerprint density at radius 2 is 2.23 bits per heavy atom. The minimum absolute atomic E-state index is 0.242. The van der Waals surface area contributed by atoms with E-state index in [1.165, 1.54) is 13.3 Å². The predicted molar refractivity (Wildman–Crippen MR) is 49.3 cm³/mol. The van der Waals surface area contributed by atoms with Gasteiger partial charge in [-0.3, -0.25) is 4.79 Å². The molecule has 1 heterocycles. The Morgan fingerprint density at radius 1 is 1.46 bits per heavy atom. The molecule has 0 aromatic heterocycles. The highest BCUT2D eigenvalue weighted by Gasteiger charge is 2.17. The van der Waals surface area contributed by atoms with Crippen molar-refractivity contribution < 1.29 is 9.53 Å². The second-order valence-electron chi connectivity index (χ2n) is 2.74. The third-order valence-electron chi connectivity index (χ3n) is 1.95. The Morgan fingerprint density at radius 3 is 2.92 bits per heavy atom. The summed E-state index contributed by atoms with van der Waals surface area (Å²) < 4.78 is 4.99. The van der Waals surface area contributed by atoms with E-state index in [1.807, 2.05) is 0 Å². The number of carbonyl (C=O) groups excluding carboxylic acids is 1. The van der Waals surface area contributed by atoms with Crippen molar-refractivity contribution >= 4 is 17.8 Å². The van der Waals surface area contributed by atoms with Crippen LogP contribution in [0.4, 0.5) is 5.69 Å². The van der Waals surface area contributed by atoms with Crippen molar-refractivity contribution in [2.45, 2.75) is 0 Å². The molecule has 4 nitrogen and oxygen atoms in total. The number of rotatable bonds is 1. The molecule has 2 rings (SSSR count). The topological polar surface area (TPSA) is 64.7 Å². The van der Waals surface area contributed by atoms with Crippen molar-refractivity contribution in [1.82, 2.24) is 0 Å². The fraction of sp³-hybridized carbons (Fsp3) is 0.111. The van der Waals surface area contributed by atoms with Crippen LogP contribution in [0.5, 0.6) is 5.75 Å². The first-order valence-electron chi connectivity index (χ1n) is 3.78. The van der Waals surface area contributed by atoms with Gasteiger partial charge in [0.05, 0.1) is 18.4 Å². The van der Waals surface area contributed by atoms with Crippen molar-refractivity contribution in [3.63, 3.8) is 0 Å². The minimum Gasteiger partial charge on any atom is -0.495 e. The number of hydrogen-bond acceptors (Lipinski definition) is 3. The van der Waals surface area contributed by atoms with Gasteiger partial charge < -0.3 is 10.5 Å². The molecule has 0 aliphatic carbocycles. The Kier molecular flexibility index (Phi) is 1.55. The van der Waals surface area contributed by atoms with Crippen LogP contribution in [0.15, 0.2) is 17.1 Å². The van der Waals surface area contributed by atoms with Gasteiger partial charge in [-0.2, -0.15) is 0 Å². The van der Waals surface area contributed by atoms with Gasteiger partial charge in [-0.25, -0.2) is 4.99 Å². The Balaban J connectivity index is 2.62. The smallest absolute Gasteiger partial charge is 0.277 e. The van der Waals surface area contributed by atoms with Gasteiger partial charge in [0.1, 0.15) is 5.75 Å². The van der Waals surface area contributed by atoms with Gasteiger partial charge in [0.15, 0.2) is 0 Å². The number of hydrogen-bond donors (Lipinski definition) is 1. The summed E-state index contributed by atoms with van der Waals surface area (Å²) in [4.78, 5) is 14.8. The number of nitrogens with zero attached hydrogens (tertiary/aromatic N) is 1. The highest BCUT2D eigenvalue weighted by atomic mass is 16.5. The monoisotopic (exact) mass is 176 g/mol. The van der Waals surface area contributed by atoms with E-state index in [2.05, 4.69) is 4.99 Å². The molecule has 0 saturated carbocycles. The summed E-state index contributed by atoms with van der Waals surface area (Å²) in [5.74, 6) is 0.269. The first-order chi connectivity index (χ1) is 6.22. The van der Waals surface area contributed by atoms with Gasteiger partial charge in [0, 0.05) is 11.8 Å². The number of amides is 1. The van der Waals surface area contributed by atoms with Crippen LogP contribution >= 0.6 is 0 Å². The largest absolute Gasteiger partial charge is 0.495 e. The number of nitrogens with two attached hydrogens (primary N) is 1. The summed E-state index contributed by atoms with van der Waals surface area (Å²) in [6, 6.07) is 3.29. The van der Waals surface area contributed by atoms with Crippen LogP contribution in [0.1, 0.15) is 15.9 Å². The number of nitrogen functional groups attached to an aromatic ring is 1. The molecular weight excluding hydrogens is 168 g/mol. The maximum atomic E-state index is 11.2. The summed E-state index contributed by atoms with van der Waals surface area (Å²) in [5.41, 5.74) is 7.47. The van der Waals surface area contributed by atoms with Crippen LogP contribution in [0, 0.1) is 0 Å². The molecule has 1 aliphatic rings. The number of anilines is 1. The van der Waals surface area contributed by atoms with Crippen LogP contribution in [0.2, 0.25) is 0 Å². The average Bonchev–Trinajstić information content (AvgIpc) is 2.46. The second kappa shape index (κ2) is 2.58. The van der Waals surface area contributed by atoms with Crippen molar-refractivity contribution in [1.29, 1.82) is 0 Å². The fourth-order valence-electron chi connectivity index (χ4n) is 1.28. The predicted octanol–water partition coefficient (Wildman–Crippen LogP) is 0.850. The van der Waals surface area contributed by atoms with Gasteiger partial charge >= 0.3 is 0 Å². The lowest BCUT2D eigenvalue weighted by molar-refractivity contribution is 0.101. The summed E-state index contributed by atoms with van der Waals surface area (Å²) in [5, 5.41) is 0. The maximum absolute atomic E-state index is 11.2. The minimum atomic E-state index is -0.242. The standard InChI is InChI=1S/C9H8N2O2/c1-13-8-3-6-5(2-7(8)10)4-11-9(6)12/h2-4H,10H2,1H3. The van der Waals surface area contributed by atoms with Gasteiger partial charge in [0.25, 0.3) is 5.91 Å². The van der Waals surface area contributed by atoms with Crippen molar-refractivity contribution in [2.24, 2.45) is 4.99 Å². The molecule has 0 saturated heterocycles. The van der Waals surface area contributed by atoms with Gasteiger partial charge in [-0.05, 0) is 12.1 Å². The Bertz CT molecular complexity index is 410. The molecule has 4 heteroatoms. The molecular formula is C9H8N2O2. The van der Waals surface area contributed by atoms with Crippen LogP contribution in [0.3, 0.4) is 0 Å². The van der Waals surface area contributed by atoms with Crippen molar-refractivity contribution in [2.75, 3.05) is 12.8 Å². The van der Waals surface area contributed by atoms with Crippen molar-refractivity contribution in [3.8, 4) is 5.75 Å². The van der Waals surface area contributed by atoms with E-state index in [0.29, 0.717) is 17.0 Å². The zero-order valence-corrected chi connectivity index (χ0v) is 7.07. The molecule has 0 radical (unpaired) electrons. The van der Waals surface area contributed by atoms with Gasteiger partial charge in [-0.15, -0.1) is 0 Å². The van der Waals surface area contributed by atoms with Crippen LogP contribution in [0.25, 0.3) is 0 Å². The first kappa shape index (κ1) is 7.79. The van der Waals surface area contributed by atoms with E-state index in [9.17, 15) is 4.79 Å². The van der Waals surface area contributed by atoms with E-state index in [-0.39, 0.29) is 5.91 Å². The normalized spacial score (nSPS) is 13.2. The lowest BCUT2D eigenvalue weighted by Crippen LogP contribution is -1.98. The molecule has 0 bridgehead atoms. The summed E-state index contributed by atoms with van der Waals surface area (Å²) in [6.45, 7) is 0. The van der Waals surface area contributed by atoms with E-state index in [0.717, 1.165) is 5.56 Å². The number of aliphatic imine (C=N–C) groups is 1. The molecule has 66 valence electrons. The molecule has 0 unspecified atom stereocenters. The maximum Gasteiger partial charge on any atom is 0.277 e. The molecule has 2 N–H and O–H groups in total. The second-order valence-corrected chi connectivity index (χ2v) is 2.74. The third-order valence-corrected chi connectivity index (χ3v) is 1.95. The number of benzene rings is 1. The number of ether oxygens (including phenoxy) is 1. The lowest BCUT2D eigenvalue weighted by Gasteiger charge is -2.05. The van der Waals surface area contributed by atoms with E-state index in [4.69, 9.17) is 10.5 Å². The molecule has 1 amide bonds. The summed E-state index contributed by atoms with van der Waals surface area (Å²) in [7, 11) is 1.51. The number of carbonyl (C=O) groups is 1. The summed E-state index contributed by atoms with van der Waals surface area (Å²) >= 11 is 0. The van der Waals surface area contributed by atoms with Gasteiger partial charge in [0.2, 0.25) is 0 Å². The lowest BCUT2D eigenvalue weighted by atomic mass is 10.1. The SMILES string of the molecule is COc1cc2c(cc1N)C=NC2=O. The van der Waals surface area contributed by atoms with Gasteiger partial charge in [-0.1, -0.05) is 0 Å². The molecule has 1 aromatic carbocycles. The fourth-order valence-corrected chi connectivity index (χ4v) is 1.28. The van der Waals surface area contributed by atoms with Crippen LogP contribution in [-0.2, 0) is 0 Å². The van der Waals surface area contributed by atoms with E-state index < -0.39 is 0 Å². The molecule has 0 atom stereocenters. The highest BCUT2D eigenvalue weighted by Crippen LogP contribution is 2.27. The van der Waals surface area contributed by atoms with Crippen LogP contribution in [-0.4, -0.2) is 19.2 Å². The molecule has 1 aliphatic heterocycles. The zero-order chi connectivity index (χ0) is 9.42. The zero-order valence-electron chi connectivity index (χ0n) is 7.07. The first-order valence-corrected chi connectivity index (χ1v) is 3.78. The Labute approximate surface area is 75.0 Å². The molecule has 13 heavy (non-hydrogen) atoms. The molecule has 1 aromatic rings. The highest BCUT2D eigenvalue weighted by molar-refractivity contribution is 6.13. The van der Waals surface area contributed by atoms with E-state index in [1.54, 1.807) is 12.1 Å². The third kappa shape index (κ3) is 1.07. The molecule has 0 fully saturated rings. The number of methoxy groups -OCH3 is 1. The molecule has 0 spiro atoms. The summed E-state index contributed by atoms with van der Waals surface area (Å²) in [6.07, 6.45) is 1.51.